The lowest BCUT2D eigenvalue weighted by molar-refractivity contribution is 0.0208. The van der Waals surface area contributed by atoms with Crippen molar-refractivity contribution in [1.82, 2.24) is 0 Å². The fourth-order valence-electron chi connectivity index (χ4n) is 1.25. The Bertz CT molecular complexity index is 83.9. The van der Waals surface area contributed by atoms with E-state index in [1.54, 1.807) is 0 Å². The zero-order chi connectivity index (χ0) is 9.23. The van der Waals surface area contributed by atoms with E-state index in [0.29, 0.717) is 12.7 Å². The minimum absolute atomic E-state index is 0.143. The van der Waals surface area contributed by atoms with Crippen LogP contribution in [0.3, 0.4) is 0 Å². The summed E-state index contributed by atoms with van der Waals surface area (Å²) in [6.45, 7) is 4.97. The predicted octanol–water partition coefficient (Wildman–Crippen LogP) is 2.35. The molecule has 0 heterocycles. The summed E-state index contributed by atoms with van der Waals surface area (Å²) in [6.07, 6.45) is 6.37. The fraction of sp³-hybridized carbons (Fsp3) is 1.00. The van der Waals surface area contributed by atoms with Gasteiger partial charge in [0, 0.05) is 0 Å². The van der Waals surface area contributed by atoms with E-state index in [1.807, 2.05) is 0 Å². The monoisotopic (exact) mass is 174 g/mol. The molecule has 0 spiro atoms. The summed E-state index contributed by atoms with van der Waals surface area (Å²) in [4.78, 5) is 0. The second-order valence-electron chi connectivity index (χ2n) is 3.12. The average Bonchev–Trinajstić information content (AvgIpc) is 2.11. The van der Waals surface area contributed by atoms with Crippen LogP contribution in [0.2, 0.25) is 0 Å². The van der Waals surface area contributed by atoms with Crippen molar-refractivity contribution in [2.45, 2.75) is 52.1 Å². The third-order valence-corrected chi connectivity index (χ3v) is 2.03. The van der Waals surface area contributed by atoms with Gasteiger partial charge in [-0.25, -0.2) is 0 Å². The fourth-order valence-corrected chi connectivity index (χ4v) is 1.25. The van der Waals surface area contributed by atoms with E-state index >= 15 is 0 Å². The van der Waals surface area contributed by atoms with Gasteiger partial charge in [0.2, 0.25) is 0 Å². The topological polar surface area (TPSA) is 29.5 Å². The Kier molecular flexibility index (Phi) is 8.95. The molecule has 2 heteroatoms. The predicted molar refractivity (Wildman–Crippen MR) is 51.3 cm³/mol. The van der Waals surface area contributed by atoms with E-state index in [0.717, 1.165) is 12.8 Å². The molecule has 2 nitrogen and oxygen atoms in total. The smallest absolute Gasteiger partial charge is 0.0701 e. The Morgan fingerprint density at radius 3 is 2.50 bits per heavy atom. The molecule has 0 saturated carbocycles. The third-order valence-electron chi connectivity index (χ3n) is 2.03. The van der Waals surface area contributed by atoms with Crippen LogP contribution in [0.25, 0.3) is 0 Å². The van der Waals surface area contributed by atoms with Crippen molar-refractivity contribution in [3.05, 3.63) is 0 Å². The number of ether oxygens (including phenoxy) is 1. The zero-order valence-corrected chi connectivity index (χ0v) is 8.38. The highest BCUT2D eigenvalue weighted by Crippen LogP contribution is 2.09. The molecule has 1 unspecified atom stereocenters. The molecule has 0 saturated heterocycles. The second kappa shape index (κ2) is 9.01. The molecule has 0 aromatic rings. The van der Waals surface area contributed by atoms with Crippen molar-refractivity contribution < 1.29 is 9.84 Å². The number of aliphatic hydroxyl groups excluding tert-OH is 1. The van der Waals surface area contributed by atoms with Crippen LogP contribution < -0.4 is 0 Å². The largest absolute Gasteiger partial charge is 0.394 e. The Morgan fingerprint density at radius 2 is 2.00 bits per heavy atom. The SMILES string of the molecule is CCCCCC(CC)OCCO. The summed E-state index contributed by atoms with van der Waals surface area (Å²) in [5.74, 6) is 0. The first-order valence-electron chi connectivity index (χ1n) is 5.07. The van der Waals surface area contributed by atoms with Gasteiger partial charge in [0.05, 0.1) is 19.3 Å². The minimum atomic E-state index is 0.143. The molecule has 0 aromatic heterocycles. The van der Waals surface area contributed by atoms with Crippen LogP contribution >= 0.6 is 0 Å². The molecule has 74 valence electrons. The Labute approximate surface area is 75.9 Å². The van der Waals surface area contributed by atoms with Crippen LogP contribution in [-0.2, 0) is 4.74 Å². The van der Waals surface area contributed by atoms with E-state index in [9.17, 15) is 0 Å². The van der Waals surface area contributed by atoms with Crippen molar-refractivity contribution in [2.24, 2.45) is 0 Å². The summed E-state index contributed by atoms with van der Waals surface area (Å²) in [6, 6.07) is 0. The first-order valence-corrected chi connectivity index (χ1v) is 5.07. The van der Waals surface area contributed by atoms with Gasteiger partial charge in [-0.3, -0.25) is 0 Å². The number of unbranched alkanes of at least 4 members (excludes halogenated alkanes) is 2. The molecular formula is C10H22O2. The molecule has 0 radical (unpaired) electrons. The van der Waals surface area contributed by atoms with Crippen LogP contribution in [0.5, 0.6) is 0 Å². The number of aliphatic hydroxyl groups is 1. The second-order valence-corrected chi connectivity index (χ2v) is 3.12. The molecule has 0 aliphatic carbocycles. The molecule has 0 fully saturated rings. The van der Waals surface area contributed by atoms with Crippen molar-refractivity contribution in [3.63, 3.8) is 0 Å². The normalized spacial score (nSPS) is 13.2. The number of rotatable bonds is 8. The van der Waals surface area contributed by atoms with E-state index in [2.05, 4.69) is 13.8 Å². The summed E-state index contributed by atoms with van der Waals surface area (Å²) >= 11 is 0. The van der Waals surface area contributed by atoms with Crippen LogP contribution in [0.4, 0.5) is 0 Å². The Hall–Kier alpha value is -0.0800. The molecule has 0 rings (SSSR count). The van der Waals surface area contributed by atoms with Crippen LogP contribution in [-0.4, -0.2) is 24.4 Å². The maximum absolute atomic E-state index is 8.56. The van der Waals surface area contributed by atoms with E-state index in [-0.39, 0.29) is 6.61 Å². The quantitative estimate of drug-likeness (QED) is 0.572. The molecule has 1 atom stereocenters. The molecular weight excluding hydrogens is 152 g/mol. The van der Waals surface area contributed by atoms with Gasteiger partial charge in [-0.15, -0.1) is 0 Å². The summed E-state index contributed by atoms with van der Waals surface area (Å²) < 4.78 is 5.44. The van der Waals surface area contributed by atoms with Gasteiger partial charge >= 0.3 is 0 Å². The van der Waals surface area contributed by atoms with Crippen LogP contribution in [0.1, 0.15) is 46.0 Å². The Morgan fingerprint density at radius 1 is 1.25 bits per heavy atom. The first-order chi connectivity index (χ1) is 5.85. The van der Waals surface area contributed by atoms with Crippen molar-refractivity contribution >= 4 is 0 Å². The summed E-state index contributed by atoms with van der Waals surface area (Å²) in [7, 11) is 0. The van der Waals surface area contributed by atoms with Gasteiger partial charge in [0.25, 0.3) is 0 Å². The minimum Gasteiger partial charge on any atom is -0.394 e. The lowest BCUT2D eigenvalue weighted by Crippen LogP contribution is -2.14. The van der Waals surface area contributed by atoms with Crippen LogP contribution in [0.15, 0.2) is 0 Å². The van der Waals surface area contributed by atoms with Gasteiger partial charge in [-0.05, 0) is 12.8 Å². The standard InChI is InChI=1S/C10H22O2/c1-3-5-6-7-10(4-2)12-9-8-11/h10-11H,3-9H2,1-2H3. The highest BCUT2D eigenvalue weighted by Gasteiger charge is 2.04. The lowest BCUT2D eigenvalue weighted by Gasteiger charge is -2.14. The number of hydrogen-bond acceptors (Lipinski definition) is 2. The van der Waals surface area contributed by atoms with E-state index < -0.39 is 0 Å². The molecule has 0 aromatic carbocycles. The van der Waals surface area contributed by atoms with Crippen molar-refractivity contribution in [2.75, 3.05) is 13.2 Å². The third kappa shape index (κ3) is 6.62. The highest BCUT2D eigenvalue weighted by molar-refractivity contribution is 4.55. The van der Waals surface area contributed by atoms with Gasteiger partial charge in [0.15, 0.2) is 0 Å². The molecule has 0 bridgehead atoms. The molecule has 1 N–H and O–H groups in total. The van der Waals surface area contributed by atoms with Crippen LogP contribution in [0, 0.1) is 0 Å². The van der Waals surface area contributed by atoms with Crippen molar-refractivity contribution in [3.8, 4) is 0 Å². The van der Waals surface area contributed by atoms with E-state index in [4.69, 9.17) is 9.84 Å². The maximum atomic E-state index is 8.56. The van der Waals surface area contributed by atoms with E-state index in [1.165, 1.54) is 19.3 Å². The molecule has 0 amide bonds. The van der Waals surface area contributed by atoms with Gasteiger partial charge in [-0.1, -0.05) is 33.1 Å². The lowest BCUT2D eigenvalue weighted by atomic mass is 10.1. The number of hydrogen-bond donors (Lipinski definition) is 1. The molecule has 0 aliphatic heterocycles. The maximum Gasteiger partial charge on any atom is 0.0701 e. The molecule has 0 aliphatic rings. The van der Waals surface area contributed by atoms with Gasteiger partial charge < -0.3 is 9.84 Å². The average molecular weight is 174 g/mol. The highest BCUT2D eigenvalue weighted by atomic mass is 16.5. The first kappa shape index (κ1) is 11.9. The zero-order valence-electron chi connectivity index (χ0n) is 8.38. The van der Waals surface area contributed by atoms with Gasteiger partial charge in [0.1, 0.15) is 0 Å². The summed E-state index contributed by atoms with van der Waals surface area (Å²) in [5.41, 5.74) is 0. The Balaban J connectivity index is 3.26. The molecule has 12 heavy (non-hydrogen) atoms. The van der Waals surface area contributed by atoms with Crippen molar-refractivity contribution in [1.29, 1.82) is 0 Å². The summed E-state index contributed by atoms with van der Waals surface area (Å²) in [5, 5.41) is 8.56. The van der Waals surface area contributed by atoms with Gasteiger partial charge in [-0.2, -0.15) is 0 Å².